The molecule has 0 aliphatic carbocycles. The number of carbonyl (C=O) groups is 1. The summed E-state index contributed by atoms with van der Waals surface area (Å²) in [6.45, 7) is 4.46. The largest absolute Gasteiger partial charge is 0.369 e. The molecule has 0 unspecified atom stereocenters. The van der Waals surface area contributed by atoms with E-state index in [1.54, 1.807) is 23.0 Å². The third-order valence-corrected chi connectivity index (χ3v) is 6.74. The summed E-state index contributed by atoms with van der Waals surface area (Å²) in [6.07, 6.45) is 9.93. The van der Waals surface area contributed by atoms with E-state index < -0.39 is 0 Å². The van der Waals surface area contributed by atoms with E-state index >= 15 is 0 Å². The van der Waals surface area contributed by atoms with Gasteiger partial charge in [0.15, 0.2) is 0 Å². The molecular formula is C26H27ClN6O. The Labute approximate surface area is 203 Å². The van der Waals surface area contributed by atoms with Gasteiger partial charge in [-0.05, 0) is 48.4 Å². The highest BCUT2D eigenvalue weighted by Crippen LogP contribution is 2.30. The molecule has 0 bridgehead atoms. The Kier molecular flexibility index (Phi) is 6.45. The Hall–Kier alpha value is -3.45. The van der Waals surface area contributed by atoms with Gasteiger partial charge in [0.05, 0.1) is 28.8 Å². The SMILES string of the molecule is CCc1nc2ccc(Cl)cn2c1C(=O)NCc1ccc(C2CCN(c3cncnc3)CC2)cc1. The topological polar surface area (TPSA) is 75.4 Å². The summed E-state index contributed by atoms with van der Waals surface area (Å²) in [4.78, 5) is 28.2. The van der Waals surface area contributed by atoms with E-state index in [-0.39, 0.29) is 5.91 Å². The number of carbonyl (C=O) groups excluding carboxylic acids is 1. The number of aryl methyl sites for hydroxylation is 1. The van der Waals surface area contributed by atoms with Crippen LogP contribution in [0.15, 0.2) is 61.3 Å². The van der Waals surface area contributed by atoms with Crippen LogP contribution in [0.3, 0.4) is 0 Å². The zero-order valence-corrected chi connectivity index (χ0v) is 19.9. The molecule has 1 aliphatic rings. The van der Waals surface area contributed by atoms with Crippen LogP contribution in [0, 0.1) is 0 Å². The molecule has 1 saturated heterocycles. The molecule has 0 radical (unpaired) electrons. The molecule has 8 heteroatoms. The highest BCUT2D eigenvalue weighted by molar-refractivity contribution is 6.30. The monoisotopic (exact) mass is 474 g/mol. The summed E-state index contributed by atoms with van der Waals surface area (Å²) < 4.78 is 1.77. The summed E-state index contributed by atoms with van der Waals surface area (Å²) in [6, 6.07) is 12.2. The van der Waals surface area contributed by atoms with Crippen molar-refractivity contribution in [3.63, 3.8) is 0 Å². The van der Waals surface area contributed by atoms with Gasteiger partial charge in [0.2, 0.25) is 0 Å². The second-order valence-corrected chi connectivity index (χ2v) is 9.05. The molecule has 0 saturated carbocycles. The minimum Gasteiger partial charge on any atom is -0.369 e. The van der Waals surface area contributed by atoms with Crippen LogP contribution in [0.1, 0.15) is 53.0 Å². The van der Waals surface area contributed by atoms with Crippen molar-refractivity contribution in [1.82, 2.24) is 24.7 Å². The van der Waals surface area contributed by atoms with Gasteiger partial charge in [0.25, 0.3) is 5.91 Å². The van der Waals surface area contributed by atoms with Crippen molar-refractivity contribution < 1.29 is 4.79 Å². The zero-order chi connectivity index (χ0) is 23.5. The first-order valence-electron chi connectivity index (χ1n) is 11.7. The highest BCUT2D eigenvalue weighted by atomic mass is 35.5. The summed E-state index contributed by atoms with van der Waals surface area (Å²) in [5.41, 5.74) is 5.55. The first-order valence-corrected chi connectivity index (χ1v) is 12.0. The number of nitrogens with one attached hydrogen (secondary N) is 1. The van der Waals surface area contributed by atoms with Crippen LogP contribution in [0.2, 0.25) is 5.02 Å². The molecule has 0 spiro atoms. The van der Waals surface area contributed by atoms with Crippen molar-refractivity contribution in [3.8, 4) is 0 Å². The average Bonchev–Trinajstić information content (AvgIpc) is 3.26. The van der Waals surface area contributed by atoms with Crippen LogP contribution in [-0.2, 0) is 13.0 Å². The summed E-state index contributed by atoms with van der Waals surface area (Å²) >= 11 is 6.15. The fourth-order valence-corrected chi connectivity index (χ4v) is 4.81. The Bertz CT molecular complexity index is 1280. The van der Waals surface area contributed by atoms with Gasteiger partial charge in [-0.3, -0.25) is 9.20 Å². The van der Waals surface area contributed by atoms with E-state index in [1.807, 2.05) is 25.4 Å². The number of anilines is 1. The lowest BCUT2D eigenvalue weighted by molar-refractivity contribution is 0.0944. The van der Waals surface area contributed by atoms with Gasteiger partial charge in [-0.25, -0.2) is 15.0 Å². The maximum atomic E-state index is 13.0. The van der Waals surface area contributed by atoms with Crippen LogP contribution in [-0.4, -0.2) is 38.3 Å². The molecule has 7 nitrogen and oxygen atoms in total. The Balaban J connectivity index is 1.21. The molecule has 0 atom stereocenters. The first-order chi connectivity index (χ1) is 16.6. The lowest BCUT2D eigenvalue weighted by Gasteiger charge is -2.33. The van der Waals surface area contributed by atoms with Crippen LogP contribution in [0.5, 0.6) is 0 Å². The maximum Gasteiger partial charge on any atom is 0.270 e. The van der Waals surface area contributed by atoms with Crippen LogP contribution < -0.4 is 10.2 Å². The number of hydrogen-bond donors (Lipinski definition) is 1. The minimum absolute atomic E-state index is 0.145. The second-order valence-electron chi connectivity index (χ2n) is 8.62. The number of hydrogen-bond acceptors (Lipinski definition) is 5. The number of pyridine rings is 1. The Morgan fingerprint density at radius 3 is 2.53 bits per heavy atom. The van der Waals surface area contributed by atoms with E-state index in [0.29, 0.717) is 29.6 Å². The Morgan fingerprint density at radius 1 is 1.09 bits per heavy atom. The van der Waals surface area contributed by atoms with Crippen LogP contribution >= 0.6 is 11.6 Å². The van der Waals surface area contributed by atoms with Crippen molar-refractivity contribution in [1.29, 1.82) is 0 Å². The number of imidazole rings is 1. The van der Waals surface area contributed by atoms with Gasteiger partial charge in [0, 0.05) is 25.8 Å². The number of nitrogens with zero attached hydrogens (tertiary/aromatic N) is 5. The van der Waals surface area contributed by atoms with E-state index in [0.717, 1.165) is 48.5 Å². The normalized spacial score (nSPS) is 14.5. The van der Waals surface area contributed by atoms with Crippen LogP contribution in [0.25, 0.3) is 5.65 Å². The summed E-state index contributed by atoms with van der Waals surface area (Å²) in [5, 5.41) is 3.62. The number of rotatable bonds is 6. The van der Waals surface area contributed by atoms with Gasteiger partial charge < -0.3 is 10.2 Å². The number of piperidine rings is 1. The molecular weight excluding hydrogens is 448 g/mol. The lowest BCUT2D eigenvalue weighted by atomic mass is 9.89. The highest BCUT2D eigenvalue weighted by Gasteiger charge is 2.21. The lowest BCUT2D eigenvalue weighted by Crippen LogP contribution is -2.33. The molecule has 1 aliphatic heterocycles. The van der Waals surface area contributed by atoms with E-state index in [2.05, 4.69) is 49.4 Å². The second kappa shape index (κ2) is 9.81. The van der Waals surface area contributed by atoms with Gasteiger partial charge in [-0.2, -0.15) is 0 Å². The molecule has 4 heterocycles. The van der Waals surface area contributed by atoms with E-state index in [1.165, 1.54) is 5.56 Å². The quantitative estimate of drug-likeness (QED) is 0.440. The number of fused-ring (bicyclic) bond motifs is 1. The van der Waals surface area contributed by atoms with Crippen molar-refractivity contribution in [2.45, 2.75) is 38.6 Å². The molecule has 1 amide bonds. The third kappa shape index (κ3) is 4.61. The fourth-order valence-electron chi connectivity index (χ4n) is 4.65. The number of benzene rings is 1. The summed E-state index contributed by atoms with van der Waals surface area (Å²) in [7, 11) is 0. The Morgan fingerprint density at radius 2 is 1.82 bits per heavy atom. The molecule has 174 valence electrons. The van der Waals surface area contributed by atoms with Crippen LogP contribution in [0.4, 0.5) is 5.69 Å². The van der Waals surface area contributed by atoms with E-state index in [4.69, 9.17) is 11.6 Å². The van der Waals surface area contributed by atoms with Crippen molar-refractivity contribution >= 4 is 28.8 Å². The van der Waals surface area contributed by atoms with Gasteiger partial charge in [-0.1, -0.05) is 42.8 Å². The van der Waals surface area contributed by atoms with Crippen molar-refractivity contribution in [3.05, 3.63) is 88.9 Å². The van der Waals surface area contributed by atoms with Gasteiger partial charge in [-0.15, -0.1) is 0 Å². The number of aromatic nitrogens is 4. The third-order valence-electron chi connectivity index (χ3n) is 6.52. The predicted molar refractivity (Wildman–Crippen MR) is 133 cm³/mol. The number of amides is 1. The average molecular weight is 475 g/mol. The molecule has 34 heavy (non-hydrogen) atoms. The van der Waals surface area contributed by atoms with Crippen molar-refractivity contribution in [2.75, 3.05) is 18.0 Å². The van der Waals surface area contributed by atoms with Gasteiger partial charge in [0.1, 0.15) is 17.7 Å². The molecule has 3 aromatic heterocycles. The van der Waals surface area contributed by atoms with Gasteiger partial charge >= 0.3 is 0 Å². The fraction of sp³-hybridized carbons (Fsp3) is 0.308. The predicted octanol–water partition coefficient (Wildman–Crippen LogP) is 4.65. The minimum atomic E-state index is -0.145. The smallest absolute Gasteiger partial charge is 0.270 e. The molecule has 1 N–H and O–H groups in total. The number of halogens is 1. The standard InChI is InChI=1S/C26H27ClN6O/c1-2-23-25(33-16-21(27)7-8-24(33)31-23)26(34)30-13-18-3-5-19(6-4-18)20-9-11-32(12-10-20)22-14-28-17-29-15-22/h3-8,14-17,20H,2,9-13H2,1H3,(H,30,34). The zero-order valence-electron chi connectivity index (χ0n) is 19.1. The maximum absolute atomic E-state index is 13.0. The molecule has 4 aromatic rings. The molecule has 5 rings (SSSR count). The summed E-state index contributed by atoms with van der Waals surface area (Å²) in [5.74, 6) is 0.396. The van der Waals surface area contributed by atoms with Crippen molar-refractivity contribution in [2.24, 2.45) is 0 Å². The van der Waals surface area contributed by atoms with E-state index in [9.17, 15) is 4.79 Å². The molecule has 1 aromatic carbocycles. The molecule has 1 fully saturated rings. The first kappa shape index (κ1) is 22.3.